The lowest BCUT2D eigenvalue weighted by atomic mass is 10.1. The summed E-state index contributed by atoms with van der Waals surface area (Å²) in [6, 6.07) is 13.5. The molecule has 2 aromatic carbocycles. The van der Waals surface area contributed by atoms with Crippen LogP contribution in [-0.4, -0.2) is 36.7 Å². The summed E-state index contributed by atoms with van der Waals surface area (Å²) in [6.07, 6.45) is 3.85. The maximum Gasteiger partial charge on any atom is 0.272 e. The number of carbonyl (C=O) groups is 1. The minimum atomic E-state index is -3.64. The largest absolute Gasteiger partial charge is 0.353 e. The molecule has 30 heavy (non-hydrogen) atoms. The van der Waals surface area contributed by atoms with Crippen molar-refractivity contribution in [1.82, 2.24) is 9.29 Å². The van der Waals surface area contributed by atoms with E-state index in [1.165, 1.54) is 0 Å². The summed E-state index contributed by atoms with van der Waals surface area (Å²) in [7, 11) is -3.64. The van der Waals surface area contributed by atoms with Crippen LogP contribution in [0.25, 0.3) is 10.8 Å². The Kier molecular flexibility index (Phi) is 5.66. The number of anilines is 1. The highest BCUT2D eigenvalue weighted by molar-refractivity contribution is 7.89. The van der Waals surface area contributed by atoms with Crippen LogP contribution in [0.5, 0.6) is 0 Å². The van der Waals surface area contributed by atoms with E-state index in [1.54, 1.807) is 18.2 Å². The van der Waals surface area contributed by atoms with Crippen LogP contribution in [0.1, 0.15) is 47.4 Å². The molecule has 1 aliphatic heterocycles. The van der Waals surface area contributed by atoms with Gasteiger partial charge in [-0.3, -0.25) is 4.79 Å². The van der Waals surface area contributed by atoms with E-state index in [4.69, 9.17) is 0 Å². The summed E-state index contributed by atoms with van der Waals surface area (Å²) in [4.78, 5) is 16.3. The summed E-state index contributed by atoms with van der Waals surface area (Å²) in [5.41, 5.74) is 1.95. The lowest BCUT2D eigenvalue weighted by Crippen LogP contribution is -2.32. The Labute approximate surface area is 177 Å². The molecule has 0 radical (unpaired) electrons. The van der Waals surface area contributed by atoms with Crippen LogP contribution < -0.4 is 5.32 Å². The zero-order valence-electron chi connectivity index (χ0n) is 17.4. The highest BCUT2D eigenvalue weighted by Crippen LogP contribution is 2.29. The van der Waals surface area contributed by atoms with Gasteiger partial charge >= 0.3 is 0 Å². The zero-order chi connectivity index (χ0) is 21.3. The van der Waals surface area contributed by atoms with Crippen molar-refractivity contribution in [3.63, 3.8) is 0 Å². The molecule has 1 aromatic heterocycles. The topological polar surface area (TPSA) is 82.3 Å². The molecular formula is C23H27N3O3S. The Morgan fingerprint density at radius 1 is 0.967 bits per heavy atom. The molecule has 2 N–H and O–H groups in total. The first kappa shape index (κ1) is 20.6. The molecule has 1 aliphatic rings. The molecule has 0 aliphatic carbocycles. The van der Waals surface area contributed by atoms with Crippen molar-refractivity contribution in [2.75, 3.05) is 18.4 Å². The number of nitrogens with zero attached hydrogens (tertiary/aromatic N) is 1. The minimum absolute atomic E-state index is 0.229. The maximum atomic E-state index is 13.3. The van der Waals surface area contributed by atoms with Gasteiger partial charge in [0.2, 0.25) is 10.0 Å². The monoisotopic (exact) mass is 425 g/mol. The van der Waals surface area contributed by atoms with Crippen LogP contribution in [0.2, 0.25) is 0 Å². The first-order chi connectivity index (χ1) is 14.4. The van der Waals surface area contributed by atoms with Crippen LogP contribution in [0.15, 0.2) is 47.4 Å². The van der Waals surface area contributed by atoms with Gasteiger partial charge in [0.25, 0.3) is 5.91 Å². The van der Waals surface area contributed by atoms with Gasteiger partial charge in [0.1, 0.15) is 10.6 Å². The van der Waals surface area contributed by atoms with Crippen LogP contribution in [0.3, 0.4) is 0 Å². The number of fused-ring (bicyclic) bond motifs is 1. The second-order valence-electron chi connectivity index (χ2n) is 7.88. The Bertz CT molecular complexity index is 1180. The van der Waals surface area contributed by atoms with Crippen molar-refractivity contribution in [2.24, 2.45) is 0 Å². The van der Waals surface area contributed by atoms with Gasteiger partial charge in [-0.15, -0.1) is 0 Å². The summed E-state index contributed by atoms with van der Waals surface area (Å²) in [5, 5.41) is 4.91. The third kappa shape index (κ3) is 3.75. The molecular weight excluding hydrogens is 398 g/mol. The van der Waals surface area contributed by atoms with Gasteiger partial charge in [-0.05, 0) is 43.7 Å². The smallest absolute Gasteiger partial charge is 0.272 e. The van der Waals surface area contributed by atoms with Crippen molar-refractivity contribution in [3.8, 4) is 0 Å². The highest BCUT2D eigenvalue weighted by atomic mass is 32.2. The van der Waals surface area contributed by atoms with Gasteiger partial charge in [0.15, 0.2) is 0 Å². The zero-order valence-corrected chi connectivity index (χ0v) is 18.2. The molecule has 4 rings (SSSR count). The molecule has 6 nitrogen and oxygen atoms in total. The number of amides is 1. The number of aromatic amines is 1. The molecule has 0 saturated carbocycles. The number of carbonyl (C=O) groups excluding carboxylic acids is 1. The molecule has 1 saturated heterocycles. The van der Waals surface area contributed by atoms with Crippen molar-refractivity contribution < 1.29 is 13.2 Å². The lowest BCUT2D eigenvalue weighted by Gasteiger charge is -2.20. The number of hydrogen-bond donors (Lipinski definition) is 2. The van der Waals surface area contributed by atoms with Gasteiger partial charge in [0.05, 0.1) is 0 Å². The first-order valence-corrected chi connectivity index (χ1v) is 11.8. The molecule has 0 bridgehead atoms. The van der Waals surface area contributed by atoms with Crippen LogP contribution in [-0.2, 0) is 10.0 Å². The van der Waals surface area contributed by atoms with Crippen LogP contribution >= 0.6 is 0 Å². The Morgan fingerprint density at radius 3 is 2.37 bits per heavy atom. The highest BCUT2D eigenvalue weighted by Gasteiger charge is 2.32. The third-order valence-electron chi connectivity index (χ3n) is 5.80. The standard InChI is InChI=1S/C23H27N3O3S/c1-16-21(23(27)25-20-13-9-11-18-10-5-6-12-19(18)20)24-17(2)22(16)30(28,29)26-14-7-3-4-8-15-26/h5-6,9-13,24H,3-4,7-8,14-15H2,1-2H3,(H,25,27). The fourth-order valence-corrected chi connectivity index (χ4v) is 6.20. The number of rotatable bonds is 4. The Hall–Kier alpha value is -2.64. The van der Waals surface area contributed by atoms with E-state index in [2.05, 4.69) is 10.3 Å². The van der Waals surface area contributed by atoms with E-state index >= 15 is 0 Å². The van der Waals surface area contributed by atoms with Crippen molar-refractivity contribution in [2.45, 2.75) is 44.4 Å². The number of H-pyrrole nitrogens is 1. The number of hydrogen-bond acceptors (Lipinski definition) is 3. The molecule has 0 spiro atoms. The molecule has 2 heterocycles. The van der Waals surface area contributed by atoms with Gasteiger partial charge in [-0.2, -0.15) is 4.31 Å². The molecule has 158 valence electrons. The van der Waals surface area contributed by atoms with E-state index in [1.807, 2.05) is 42.5 Å². The number of nitrogens with one attached hydrogen (secondary N) is 2. The molecule has 0 unspecified atom stereocenters. The second kappa shape index (κ2) is 8.24. The van der Waals surface area contributed by atoms with Gasteiger partial charge < -0.3 is 10.3 Å². The van der Waals surface area contributed by atoms with Crippen LogP contribution in [0.4, 0.5) is 5.69 Å². The molecule has 7 heteroatoms. The molecule has 0 atom stereocenters. The fraction of sp³-hybridized carbons (Fsp3) is 0.348. The number of aryl methyl sites for hydroxylation is 1. The summed E-state index contributed by atoms with van der Waals surface area (Å²) in [6.45, 7) is 4.48. The first-order valence-electron chi connectivity index (χ1n) is 10.4. The molecule has 1 amide bonds. The lowest BCUT2D eigenvalue weighted by molar-refractivity contribution is 0.102. The van der Waals surface area contributed by atoms with Gasteiger partial charge in [-0.1, -0.05) is 49.2 Å². The molecule has 1 fully saturated rings. The van der Waals surface area contributed by atoms with E-state index in [0.29, 0.717) is 30.0 Å². The van der Waals surface area contributed by atoms with Crippen molar-refractivity contribution in [1.29, 1.82) is 0 Å². The molecule has 3 aromatic rings. The van der Waals surface area contributed by atoms with E-state index < -0.39 is 10.0 Å². The SMILES string of the molecule is Cc1[nH]c(C(=O)Nc2cccc3ccccc23)c(C)c1S(=O)(=O)N1CCCCCC1. The quantitative estimate of drug-likeness (QED) is 0.641. The summed E-state index contributed by atoms with van der Waals surface area (Å²) < 4.78 is 28.2. The third-order valence-corrected chi connectivity index (χ3v) is 7.97. The van der Waals surface area contributed by atoms with Crippen molar-refractivity contribution >= 4 is 32.4 Å². The van der Waals surface area contributed by atoms with Gasteiger partial charge in [-0.25, -0.2) is 8.42 Å². The summed E-state index contributed by atoms with van der Waals surface area (Å²) in [5.74, 6) is -0.343. The van der Waals surface area contributed by atoms with E-state index in [9.17, 15) is 13.2 Å². The van der Waals surface area contributed by atoms with E-state index in [0.717, 1.165) is 36.5 Å². The van der Waals surface area contributed by atoms with Crippen molar-refractivity contribution in [3.05, 3.63) is 59.4 Å². The number of sulfonamides is 1. The minimum Gasteiger partial charge on any atom is -0.353 e. The van der Waals surface area contributed by atoms with Crippen LogP contribution in [0, 0.1) is 13.8 Å². The second-order valence-corrected chi connectivity index (χ2v) is 9.75. The van der Waals surface area contributed by atoms with E-state index in [-0.39, 0.29) is 16.5 Å². The summed E-state index contributed by atoms with van der Waals surface area (Å²) >= 11 is 0. The van der Waals surface area contributed by atoms with Gasteiger partial charge in [0, 0.05) is 29.9 Å². The average Bonchev–Trinajstić information content (AvgIpc) is 2.90. The predicted octanol–water partition coefficient (Wildman–Crippen LogP) is 4.60. The normalized spacial score (nSPS) is 15.8. The number of benzene rings is 2. The fourth-order valence-electron chi connectivity index (χ4n) is 4.28. The Morgan fingerprint density at radius 2 is 1.63 bits per heavy atom. The maximum absolute atomic E-state index is 13.3. The predicted molar refractivity (Wildman–Crippen MR) is 119 cm³/mol. The number of aromatic nitrogens is 1. The average molecular weight is 426 g/mol. The Balaban J connectivity index is 1.67.